The Labute approximate surface area is 199 Å². The average Bonchev–Trinajstić information content (AvgIpc) is 3.06. The van der Waals surface area contributed by atoms with Crippen molar-refractivity contribution >= 4 is 29.0 Å². The van der Waals surface area contributed by atoms with Gasteiger partial charge in [0, 0.05) is 26.2 Å². The van der Waals surface area contributed by atoms with Crippen LogP contribution in [0.3, 0.4) is 0 Å². The first kappa shape index (κ1) is 23.2. The van der Waals surface area contributed by atoms with E-state index in [1.165, 1.54) is 0 Å². The molecule has 1 atom stereocenters. The highest BCUT2D eigenvalue weighted by Crippen LogP contribution is 2.19. The molecule has 0 bridgehead atoms. The summed E-state index contributed by atoms with van der Waals surface area (Å²) in [4.78, 5) is 21.6. The van der Waals surface area contributed by atoms with Gasteiger partial charge < -0.3 is 15.3 Å². The maximum atomic E-state index is 12.4. The number of benzene rings is 2. The molecule has 0 unspecified atom stereocenters. The number of hydrogen-bond donors (Lipinski definition) is 2. The summed E-state index contributed by atoms with van der Waals surface area (Å²) >= 11 is 6.11. The maximum absolute atomic E-state index is 12.4. The first-order chi connectivity index (χ1) is 16.1. The molecule has 6 nitrogen and oxygen atoms in total. The van der Waals surface area contributed by atoms with Gasteiger partial charge in [-0.2, -0.15) is 0 Å². The summed E-state index contributed by atoms with van der Waals surface area (Å²) in [6.07, 6.45) is 2.98. The molecule has 33 heavy (non-hydrogen) atoms. The Morgan fingerprint density at radius 1 is 1.00 bits per heavy atom. The number of pyridine rings is 1. The summed E-state index contributed by atoms with van der Waals surface area (Å²) < 4.78 is 0. The minimum Gasteiger partial charge on any atom is -0.391 e. The second-order valence-corrected chi connectivity index (χ2v) is 8.73. The fraction of sp³-hybridized carbons (Fsp3) is 0.308. The van der Waals surface area contributed by atoms with Crippen LogP contribution in [0.25, 0.3) is 0 Å². The Hall–Kier alpha value is -2.93. The molecular formula is C26H29ClN4O2. The molecule has 3 aromatic rings. The van der Waals surface area contributed by atoms with Crippen LogP contribution in [0.2, 0.25) is 5.02 Å². The van der Waals surface area contributed by atoms with Crippen LogP contribution >= 0.6 is 11.6 Å². The highest BCUT2D eigenvalue weighted by molar-refractivity contribution is 6.34. The van der Waals surface area contributed by atoms with E-state index in [0.717, 1.165) is 44.0 Å². The molecule has 2 aromatic carbocycles. The van der Waals surface area contributed by atoms with Gasteiger partial charge in [-0.15, -0.1) is 0 Å². The Morgan fingerprint density at radius 2 is 1.79 bits per heavy atom. The van der Waals surface area contributed by atoms with E-state index in [-0.39, 0.29) is 12.0 Å². The lowest BCUT2D eigenvalue weighted by molar-refractivity contribution is 0.102. The van der Waals surface area contributed by atoms with Gasteiger partial charge in [-0.05, 0) is 49.2 Å². The quantitative estimate of drug-likeness (QED) is 0.551. The number of carbonyl (C=O) groups excluding carboxylic acids is 1. The van der Waals surface area contributed by atoms with Gasteiger partial charge in [-0.3, -0.25) is 9.69 Å². The van der Waals surface area contributed by atoms with E-state index < -0.39 is 0 Å². The smallest absolute Gasteiger partial charge is 0.257 e. The molecule has 0 saturated carbocycles. The molecule has 1 aliphatic heterocycles. The molecule has 0 aliphatic carbocycles. The third-order valence-corrected chi connectivity index (χ3v) is 6.15. The van der Waals surface area contributed by atoms with Crippen LogP contribution in [0.15, 0.2) is 72.9 Å². The molecule has 0 radical (unpaired) electrons. The fourth-order valence-corrected chi connectivity index (χ4v) is 4.34. The average molecular weight is 465 g/mol. The Kier molecular flexibility index (Phi) is 7.94. The third kappa shape index (κ3) is 6.54. The van der Waals surface area contributed by atoms with Crippen molar-refractivity contribution in [2.24, 2.45) is 0 Å². The molecule has 1 fully saturated rings. The number of nitrogens with one attached hydrogen (secondary N) is 1. The lowest BCUT2D eigenvalue weighted by atomic mass is 10.1. The van der Waals surface area contributed by atoms with Crippen LogP contribution in [-0.4, -0.2) is 59.7 Å². The number of aliphatic hydroxyl groups is 1. The predicted molar refractivity (Wildman–Crippen MR) is 133 cm³/mol. The zero-order valence-electron chi connectivity index (χ0n) is 18.5. The van der Waals surface area contributed by atoms with E-state index in [4.69, 9.17) is 11.6 Å². The van der Waals surface area contributed by atoms with Gasteiger partial charge >= 0.3 is 0 Å². The minimum atomic E-state index is -0.377. The van der Waals surface area contributed by atoms with Crippen molar-refractivity contribution in [3.63, 3.8) is 0 Å². The summed E-state index contributed by atoms with van der Waals surface area (Å²) in [6, 6.07) is 20.9. The molecule has 1 saturated heterocycles. The number of hydrogen-bond acceptors (Lipinski definition) is 5. The fourth-order valence-electron chi connectivity index (χ4n) is 4.12. The van der Waals surface area contributed by atoms with Crippen molar-refractivity contribution in [3.05, 3.63) is 89.1 Å². The number of amides is 1. The predicted octanol–water partition coefficient (Wildman–Crippen LogP) is 4.10. The molecule has 1 aromatic heterocycles. The summed E-state index contributed by atoms with van der Waals surface area (Å²) in [7, 11) is 0. The van der Waals surface area contributed by atoms with E-state index in [0.29, 0.717) is 29.2 Å². The highest BCUT2D eigenvalue weighted by atomic mass is 35.5. The lowest BCUT2D eigenvalue weighted by Gasteiger charge is -2.24. The second kappa shape index (κ2) is 11.3. The van der Waals surface area contributed by atoms with Crippen molar-refractivity contribution < 1.29 is 9.90 Å². The maximum Gasteiger partial charge on any atom is 0.257 e. The Bertz CT molecular complexity index is 1050. The second-order valence-electron chi connectivity index (χ2n) is 8.32. The van der Waals surface area contributed by atoms with Crippen molar-refractivity contribution in [2.45, 2.75) is 18.9 Å². The van der Waals surface area contributed by atoms with Gasteiger partial charge in [0.2, 0.25) is 0 Å². The van der Waals surface area contributed by atoms with Crippen molar-refractivity contribution in [3.8, 4) is 0 Å². The molecule has 2 heterocycles. The molecule has 1 aliphatic rings. The van der Waals surface area contributed by atoms with E-state index in [9.17, 15) is 9.90 Å². The standard InChI is InChI=1S/C26H29ClN4O2/c27-24-10-5-4-9-23(24)26(33)29-21-11-12-25(28-18-21)31-14-6-13-30(15-16-31)19-22(32)17-20-7-2-1-3-8-20/h1-5,7-12,18,22,32H,6,13-17,19H2,(H,29,33)/t22-/m1/s1. The zero-order valence-corrected chi connectivity index (χ0v) is 19.3. The first-order valence-electron chi connectivity index (χ1n) is 11.3. The van der Waals surface area contributed by atoms with Crippen LogP contribution in [0.1, 0.15) is 22.3 Å². The number of halogens is 1. The van der Waals surface area contributed by atoms with Gasteiger partial charge in [0.25, 0.3) is 5.91 Å². The number of rotatable bonds is 7. The van der Waals surface area contributed by atoms with Crippen LogP contribution in [0.5, 0.6) is 0 Å². The largest absolute Gasteiger partial charge is 0.391 e. The summed E-state index contributed by atoms with van der Waals surface area (Å²) in [5.41, 5.74) is 2.22. The van der Waals surface area contributed by atoms with E-state index >= 15 is 0 Å². The van der Waals surface area contributed by atoms with E-state index in [1.807, 2.05) is 30.3 Å². The monoisotopic (exact) mass is 464 g/mol. The molecular weight excluding hydrogens is 436 g/mol. The van der Waals surface area contributed by atoms with Crippen LogP contribution < -0.4 is 10.2 Å². The van der Waals surface area contributed by atoms with Crippen molar-refractivity contribution in [1.82, 2.24) is 9.88 Å². The molecule has 172 valence electrons. The number of β-amino-alcohol motifs (C(OH)–C–C–N with tert-alkyl or cyclic N) is 1. The Balaban J connectivity index is 1.29. The van der Waals surface area contributed by atoms with Gasteiger partial charge in [-0.1, -0.05) is 54.1 Å². The Morgan fingerprint density at radius 3 is 2.55 bits per heavy atom. The van der Waals surface area contributed by atoms with Crippen molar-refractivity contribution in [1.29, 1.82) is 0 Å². The lowest BCUT2D eigenvalue weighted by Crippen LogP contribution is -2.36. The van der Waals surface area contributed by atoms with E-state index in [2.05, 4.69) is 32.2 Å². The number of aliphatic hydroxyl groups excluding tert-OH is 1. The first-order valence-corrected chi connectivity index (χ1v) is 11.7. The number of nitrogens with zero attached hydrogens (tertiary/aromatic N) is 3. The van der Waals surface area contributed by atoms with Crippen LogP contribution in [0, 0.1) is 0 Å². The van der Waals surface area contributed by atoms with Crippen LogP contribution in [0.4, 0.5) is 11.5 Å². The topological polar surface area (TPSA) is 68.7 Å². The molecule has 7 heteroatoms. The van der Waals surface area contributed by atoms with E-state index in [1.54, 1.807) is 30.5 Å². The van der Waals surface area contributed by atoms with Gasteiger partial charge in [0.1, 0.15) is 5.82 Å². The van der Waals surface area contributed by atoms with Gasteiger partial charge in [-0.25, -0.2) is 4.98 Å². The summed E-state index contributed by atoms with van der Waals surface area (Å²) in [6.45, 7) is 4.25. The molecule has 4 rings (SSSR count). The minimum absolute atomic E-state index is 0.255. The molecule has 0 spiro atoms. The van der Waals surface area contributed by atoms with Gasteiger partial charge in [0.05, 0.1) is 28.6 Å². The van der Waals surface area contributed by atoms with Crippen molar-refractivity contribution in [2.75, 3.05) is 42.9 Å². The summed E-state index contributed by atoms with van der Waals surface area (Å²) in [5, 5.41) is 13.8. The zero-order chi connectivity index (χ0) is 23.0. The number of aromatic nitrogens is 1. The number of carbonyl (C=O) groups is 1. The highest BCUT2D eigenvalue weighted by Gasteiger charge is 2.19. The molecule has 1 amide bonds. The summed E-state index contributed by atoms with van der Waals surface area (Å²) in [5.74, 6) is 0.632. The normalized spacial score (nSPS) is 15.6. The molecule has 2 N–H and O–H groups in total. The number of anilines is 2. The SMILES string of the molecule is O=C(Nc1ccc(N2CCCN(C[C@H](O)Cc3ccccc3)CC2)nc1)c1ccccc1Cl. The van der Waals surface area contributed by atoms with Crippen LogP contribution in [-0.2, 0) is 6.42 Å². The third-order valence-electron chi connectivity index (χ3n) is 5.82. The van der Waals surface area contributed by atoms with Gasteiger partial charge in [0.15, 0.2) is 0 Å².